The molecule has 0 amide bonds. The lowest BCUT2D eigenvalue weighted by Gasteiger charge is -2.26. The summed E-state index contributed by atoms with van der Waals surface area (Å²) < 4.78 is 6.09. The molecule has 4 aromatic rings. The van der Waals surface area contributed by atoms with Crippen LogP contribution in [0.4, 0.5) is 0 Å². The molecule has 0 bridgehead atoms. The molecule has 0 unspecified atom stereocenters. The van der Waals surface area contributed by atoms with Crippen LogP contribution >= 0.6 is 0 Å². The molecule has 1 N–H and O–H groups in total. The Hall–Kier alpha value is -3.34. The van der Waals surface area contributed by atoms with Crippen molar-refractivity contribution in [3.05, 3.63) is 77.9 Å². The summed E-state index contributed by atoms with van der Waals surface area (Å²) in [5.74, 6) is 1.73. The van der Waals surface area contributed by atoms with E-state index >= 15 is 0 Å². The SMILES string of the molecule is CCC(C)(C)c1cc(Oc2ccccc2)cc(Cn2nc3ccccc3n2)c1O. The molecule has 29 heavy (non-hydrogen) atoms. The maximum absolute atomic E-state index is 11.1. The molecule has 0 aliphatic rings. The predicted octanol–water partition coefficient (Wildman–Crippen LogP) is 5.67. The summed E-state index contributed by atoms with van der Waals surface area (Å²) >= 11 is 0. The normalized spacial score (nSPS) is 11.7. The second-order valence-corrected chi connectivity index (χ2v) is 7.85. The minimum atomic E-state index is -0.197. The molecular weight excluding hydrogens is 362 g/mol. The summed E-state index contributed by atoms with van der Waals surface area (Å²) in [6.45, 7) is 6.72. The van der Waals surface area contributed by atoms with Crippen molar-refractivity contribution in [3.63, 3.8) is 0 Å². The summed E-state index contributed by atoms with van der Waals surface area (Å²) in [5.41, 5.74) is 3.06. The fourth-order valence-electron chi connectivity index (χ4n) is 3.30. The average molecular weight is 387 g/mol. The van der Waals surface area contributed by atoms with Gasteiger partial charge in [0.2, 0.25) is 0 Å². The Morgan fingerprint density at radius 1 is 0.897 bits per heavy atom. The highest BCUT2D eigenvalue weighted by molar-refractivity contribution is 5.73. The number of fused-ring (bicyclic) bond motifs is 1. The summed E-state index contributed by atoms with van der Waals surface area (Å²) in [6, 6.07) is 21.2. The molecule has 0 aliphatic heterocycles. The smallest absolute Gasteiger partial charge is 0.128 e. The van der Waals surface area contributed by atoms with E-state index in [0.29, 0.717) is 12.3 Å². The fourth-order valence-corrected chi connectivity index (χ4v) is 3.30. The minimum absolute atomic E-state index is 0.197. The van der Waals surface area contributed by atoms with Gasteiger partial charge in [0.25, 0.3) is 0 Å². The zero-order valence-corrected chi connectivity index (χ0v) is 17.0. The molecule has 5 nitrogen and oxygen atoms in total. The van der Waals surface area contributed by atoms with Gasteiger partial charge in [0.15, 0.2) is 0 Å². The lowest BCUT2D eigenvalue weighted by atomic mass is 9.80. The van der Waals surface area contributed by atoms with E-state index in [9.17, 15) is 5.11 Å². The van der Waals surface area contributed by atoms with Crippen molar-refractivity contribution in [2.45, 2.75) is 39.2 Å². The summed E-state index contributed by atoms with van der Waals surface area (Å²) in [6.07, 6.45) is 0.888. The number of para-hydroxylation sites is 1. The Labute approximate surface area is 170 Å². The van der Waals surface area contributed by atoms with E-state index < -0.39 is 0 Å². The highest BCUT2D eigenvalue weighted by Gasteiger charge is 2.25. The van der Waals surface area contributed by atoms with Crippen LogP contribution < -0.4 is 4.74 Å². The molecule has 0 saturated heterocycles. The van der Waals surface area contributed by atoms with Gasteiger partial charge in [-0.1, -0.05) is 51.1 Å². The molecule has 0 radical (unpaired) electrons. The van der Waals surface area contributed by atoms with Crippen molar-refractivity contribution < 1.29 is 9.84 Å². The summed E-state index contributed by atoms with van der Waals surface area (Å²) in [5, 5.41) is 20.1. The Morgan fingerprint density at radius 3 is 2.14 bits per heavy atom. The molecule has 0 aliphatic carbocycles. The number of aromatic hydroxyl groups is 1. The number of ether oxygens (including phenoxy) is 1. The van der Waals surface area contributed by atoms with Gasteiger partial charge < -0.3 is 9.84 Å². The van der Waals surface area contributed by atoms with E-state index in [2.05, 4.69) is 31.0 Å². The molecular formula is C24H25N3O2. The minimum Gasteiger partial charge on any atom is -0.507 e. The molecule has 1 aromatic heterocycles. The third kappa shape index (κ3) is 3.94. The quantitative estimate of drug-likeness (QED) is 0.463. The van der Waals surface area contributed by atoms with E-state index in [4.69, 9.17) is 4.74 Å². The third-order valence-corrected chi connectivity index (χ3v) is 5.39. The molecule has 0 fully saturated rings. The van der Waals surface area contributed by atoms with Crippen LogP contribution in [-0.2, 0) is 12.0 Å². The van der Waals surface area contributed by atoms with E-state index in [0.717, 1.165) is 34.3 Å². The molecule has 148 valence electrons. The van der Waals surface area contributed by atoms with Gasteiger partial charge in [0, 0.05) is 11.1 Å². The number of phenols is 1. The highest BCUT2D eigenvalue weighted by atomic mass is 16.5. The van der Waals surface area contributed by atoms with Crippen LogP contribution in [0, 0.1) is 0 Å². The number of aromatic nitrogens is 3. The largest absolute Gasteiger partial charge is 0.507 e. The van der Waals surface area contributed by atoms with Gasteiger partial charge in [-0.05, 0) is 48.2 Å². The van der Waals surface area contributed by atoms with E-state index in [1.165, 1.54) is 0 Å². The number of hydrogen-bond acceptors (Lipinski definition) is 4. The van der Waals surface area contributed by atoms with Crippen LogP contribution in [0.1, 0.15) is 38.3 Å². The van der Waals surface area contributed by atoms with Gasteiger partial charge in [-0.25, -0.2) is 0 Å². The first-order valence-corrected chi connectivity index (χ1v) is 9.85. The summed E-state index contributed by atoms with van der Waals surface area (Å²) in [7, 11) is 0. The molecule has 0 saturated carbocycles. The first-order valence-electron chi connectivity index (χ1n) is 9.85. The lowest BCUT2D eigenvalue weighted by molar-refractivity contribution is 0.412. The first-order chi connectivity index (χ1) is 14.0. The number of hydrogen-bond donors (Lipinski definition) is 1. The second kappa shape index (κ2) is 7.59. The lowest BCUT2D eigenvalue weighted by Crippen LogP contribution is -2.17. The van der Waals surface area contributed by atoms with Crippen LogP contribution in [0.5, 0.6) is 17.2 Å². The van der Waals surface area contributed by atoms with Gasteiger partial charge in [-0.2, -0.15) is 15.0 Å². The average Bonchev–Trinajstić information content (AvgIpc) is 3.13. The Morgan fingerprint density at radius 2 is 1.52 bits per heavy atom. The van der Waals surface area contributed by atoms with Gasteiger partial charge in [0.1, 0.15) is 28.3 Å². The zero-order chi connectivity index (χ0) is 20.4. The van der Waals surface area contributed by atoms with Crippen LogP contribution in [0.25, 0.3) is 11.0 Å². The van der Waals surface area contributed by atoms with E-state index in [1.54, 1.807) is 4.80 Å². The second-order valence-electron chi connectivity index (χ2n) is 7.85. The van der Waals surface area contributed by atoms with Crippen molar-refractivity contribution in [3.8, 4) is 17.2 Å². The predicted molar refractivity (Wildman–Crippen MR) is 115 cm³/mol. The number of rotatable bonds is 6. The highest BCUT2D eigenvalue weighted by Crippen LogP contribution is 2.40. The molecule has 5 heteroatoms. The number of phenolic OH excluding ortho intramolecular Hbond substituents is 1. The van der Waals surface area contributed by atoms with Crippen LogP contribution in [-0.4, -0.2) is 20.1 Å². The Kier molecular flexibility index (Phi) is 4.97. The van der Waals surface area contributed by atoms with Gasteiger partial charge >= 0.3 is 0 Å². The van der Waals surface area contributed by atoms with Crippen molar-refractivity contribution in [2.24, 2.45) is 0 Å². The number of benzene rings is 3. The zero-order valence-electron chi connectivity index (χ0n) is 17.0. The number of nitrogens with zero attached hydrogens (tertiary/aromatic N) is 3. The van der Waals surface area contributed by atoms with Gasteiger partial charge in [0.05, 0.1) is 6.54 Å². The van der Waals surface area contributed by atoms with Crippen molar-refractivity contribution in [1.82, 2.24) is 15.0 Å². The maximum atomic E-state index is 11.1. The van der Waals surface area contributed by atoms with Crippen molar-refractivity contribution in [2.75, 3.05) is 0 Å². The first kappa shape index (κ1) is 19.0. The standard InChI is InChI=1S/C24H25N3O2/c1-4-24(2,3)20-15-19(29-18-10-6-5-7-11-18)14-17(23(20)28)16-27-25-21-12-8-9-13-22(21)26-27/h5-15,28H,4,16H2,1-3H3. The third-order valence-electron chi connectivity index (χ3n) is 5.39. The molecule has 3 aromatic carbocycles. The van der Waals surface area contributed by atoms with Crippen LogP contribution in [0.3, 0.4) is 0 Å². The monoisotopic (exact) mass is 387 g/mol. The van der Waals surface area contributed by atoms with Gasteiger partial charge in [-0.15, -0.1) is 0 Å². The molecule has 4 rings (SSSR count). The molecule has 0 spiro atoms. The van der Waals surface area contributed by atoms with Crippen LogP contribution in [0.2, 0.25) is 0 Å². The van der Waals surface area contributed by atoms with Crippen molar-refractivity contribution >= 4 is 11.0 Å². The van der Waals surface area contributed by atoms with E-state index in [-0.39, 0.29) is 11.2 Å². The molecule has 1 heterocycles. The van der Waals surface area contributed by atoms with Gasteiger partial charge in [-0.3, -0.25) is 0 Å². The van der Waals surface area contributed by atoms with Crippen LogP contribution in [0.15, 0.2) is 66.7 Å². The summed E-state index contributed by atoms with van der Waals surface area (Å²) in [4.78, 5) is 1.62. The topological polar surface area (TPSA) is 60.2 Å². The fraction of sp³-hybridized carbons (Fsp3) is 0.250. The Bertz CT molecular complexity index is 1100. The van der Waals surface area contributed by atoms with E-state index in [1.807, 2.05) is 66.7 Å². The Balaban J connectivity index is 1.76. The van der Waals surface area contributed by atoms with Crippen molar-refractivity contribution in [1.29, 1.82) is 0 Å². The maximum Gasteiger partial charge on any atom is 0.128 e. The molecule has 0 atom stereocenters.